The Morgan fingerprint density at radius 3 is 2.24 bits per heavy atom. The molecular weight excluding hydrogens is 457 g/mol. The third-order valence-corrected chi connectivity index (χ3v) is 6.14. The molecule has 4 aromatic rings. The van der Waals surface area contributed by atoms with Crippen molar-refractivity contribution in [1.29, 1.82) is 0 Å². The number of hydrogen-bond donors (Lipinski definition) is 1. The van der Waals surface area contributed by atoms with Crippen LogP contribution in [0.4, 0.5) is 15.8 Å². The lowest BCUT2D eigenvalue weighted by Crippen LogP contribution is -2.41. The van der Waals surface area contributed by atoms with Crippen molar-refractivity contribution in [3.63, 3.8) is 0 Å². The van der Waals surface area contributed by atoms with E-state index in [-0.39, 0.29) is 0 Å². The van der Waals surface area contributed by atoms with E-state index in [0.717, 1.165) is 5.39 Å². The molecule has 34 heavy (non-hydrogen) atoms. The van der Waals surface area contributed by atoms with Crippen molar-refractivity contribution in [3.05, 3.63) is 89.8 Å². The molecule has 6 nitrogen and oxygen atoms in total. The van der Waals surface area contributed by atoms with Crippen molar-refractivity contribution in [2.75, 3.05) is 4.90 Å². The van der Waals surface area contributed by atoms with Gasteiger partial charge in [-0.25, -0.2) is 4.39 Å². The topological polar surface area (TPSA) is 85.5 Å². The van der Waals surface area contributed by atoms with Crippen LogP contribution in [-0.4, -0.2) is 16.8 Å². The van der Waals surface area contributed by atoms with E-state index in [9.17, 15) is 14.0 Å². The highest BCUT2D eigenvalue weighted by atomic mass is 35.5. The number of benzene rings is 3. The fourth-order valence-corrected chi connectivity index (χ4v) is 4.02. The average molecular weight is 476 g/mol. The lowest BCUT2D eigenvalue weighted by atomic mass is 10.0. The van der Waals surface area contributed by atoms with Gasteiger partial charge in [0.25, 0.3) is 0 Å². The monoisotopic (exact) mass is 475 g/mol. The number of pyridine rings is 1. The Morgan fingerprint density at radius 1 is 0.971 bits per heavy atom. The number of hydrogen-bond acceptors (Lipinski definition) is 4. The largest absolute Gasteiger partial charge is 0.457 e. The van der Waals surface area contributed by atoms with Gasteiger partial charge in [-0.2, -0.15) is 0 Å². The second kappa shape index (κ2) is 8.43. The molecule has 1 heterocycles. The molecule has 0 spiro atoms. The molecule has 8 heteroatoms. The predicted molar refractivity (Wildman–Crippen MR) is 128 cm³/mol. The third kappa shape index (κ3) is 3.95. The Balaban J connectivity index is 1.48. The first-order valence-electron chi connectivity index (χ1n) is 10.6. The van der Waals surface area contributed by atoms with Gasteiger partial charge < -0.3 is 10.5 Å². The maximum absolute atomic E-state index is 13.5. The van der Waals surface area contributed by atoms with Gasteiger partial charge in [-0.1, -0.05) is 11.6 Å². The summed E-state index contributed by atoms with van der Waals surface area (Å²) in [5, 5.41) is 1.38. The van der Waals surface area contributed by atoms with Crippen molar-refractivity contribution >= 4 is 45.7 Å². The van der Waals surface area contributed by atoms with Crippen molar-refractivity contribution in [1.82, 2.24) is 4.98 Å². The van der Waals surface area contributed by atoms with Gasteiger partial charge in [0, 0.05) is 28.0 Å². The van der Waals surface area contributed by atoms with Crippen LogP contribution < -0.4 is 15.4 Å². The summed E-state index contributed by atoms with van der Waals surface area (Å²) in [6.45, 7) is 0. The molecule has 0 saturated heterocycles. The highest BCUT2D eigenvalue weighted by Crippen LogP contribution is 2.49. The Kier molecular flexibility index (Phi) is 5.42. The first-order valence-corrected chi connectivity index (χ1v) is 11.0. The molecule has 2 amide bonds. The summed E-state index contributed by atoms with van der Waals surface area (Å²) in [5.41, 5.74) is 5.94. The van der Waals surface area contributed by atoms with Gasteiger partial charge in [-0.15, -0.1) is 0 Å². The summed E-state index contributed by atoms with van der Waals surface area (Å²) in [7, 11) is 0. The maximum atomic E-state index is 13.5. The minimum absolute atomic E-state index is 0.388. The van der Waals surface area contributed by atoms with Crippen LogP contribution in [0.3, 0.4) is 0 Å². The van der Waals surface area contributed by atoms with Crippen LogP contribution in [-0.2, 0) is 9.59 Å². The van der Waals surface area contributed by atoms with Gasteiger partial charge in [0.05, 0.1) is 5.52 Å². The van der Waals surface area contributed by atoms with Gasteiger partial charge in [-0.3, -0.25) is 19.5 Å². The zero-order chi connectivity index (χ0) is 23.9. The molecule has 0 unspecified atom stereocenters. The molecule has 1 fully saturated rings. The predicted octanol–water partition coefficient (Wildman–Crippen LogP) is 5.75. The van der Waals surface area contributed by atoms with Crippen molar-refractivity contribution < 1.29 is 18.7 Å². The number of anilines is 2. The number of carbonyl (C=O) groups excluding carboxylic acids is 2. The summed E-state index contributed by atoms with van der Waals surface area (Å²) in [6.07, 6.45) is 2.41. The molecule has 0 aliphatic heterocycles. The molecule has 5 rings (SSSR count). The minimum Gasteiger partial charge on any atom is -0.457 e. The molecule has 1 aliphatic rings. The minimum atomic E-state index is -1.24. The van der Waals surface area contributed by atoms with Crippen LogP contribution in [0.2, 0.25) is 5.02 Å². The number of fused-ring (bicyclic) bond motifs is 1. The fraction of sp³-hybridized carbons (Fsp3) is 0.115. The van der Waals surface area contributed by atoms with E-state index in [1.165, 1.54) is 29.2 Å². The highest BCUT2D eigenvalue weighted by Gasteiger charge is 2.57. The van der Waals surface area contributed by atoms with E-state index in [0.29, 0.717) is 46.3 Å². The van der Waals surface area contributed by atoms with E-state index >= 15 is 0 Å². The van der Waals surface area contributed by atoms with Crippen molar-refractivity contribution in [3.8, 4) is 11.5 Å². The second-order valence-corrected chi connectivity index (χ2v) is 8.57. The SMILES string of the molecule is NC(=O)C1(C(=O)N(c2ccc(F)cc2)c2ccc(Oc3ccnc4cc(Cl)ccc34)cc2)CC1. The number of nitrogens with two attached hydrogens (primary N) is 1. The number of aromatic nitrogens is 1. The lowest BCUT2D eigenvalue weighted by molar-refractivity contribution is -0.133. The van der Waals surface area contributed by atoms with E-state index in [2.05, 4.69) is 4.98 Å². The molecular formula is C26H19ClFN3O3. The normalized spacial score (nSPS) is 13.9. The smallest absolute Gasteiger partial charge is 0.247 e. The van der Waals surface area contributed by atoms with Gasteiger partial charge in [0.15, 0.2) is 0 Å². The molecule has 1 aliphatic carbocycles. The van der Waals surface area contributed by atoms with E-state index in [1.54, 1.807) is 48.7 Å². The molecule has 2 N–H and O–H groups in total. The average Bonchev–Trinajstić information content (AvgIpc) is 3.64. The number of halogens is 2. The van der Waals surface area contributed by atoms with E-state index in [4.69, 9.17) is 22.1 Å². The van der Waals surface area contributed by atoms with Crippen LogP contribution >= 0.6 is 11.6 Å². The quantitative estimate of drug-likeness (QED) is 0.360. The van der Waals surface area contributed by atoms with Crippen LogP contribution in [0, 0.1) is 11.2 Å². The first kappa shape index (κ1) is 21.9. The molecule has 170 valence electrons. The summed E-state index contributed by atoms with van der Waals surface area (Å²) in [5.74, 6) is -0.381. The van der Waals surface area contributed by atoms with Crippen molar-refractivity contribution in [2.45, 2.75) is 12.8 Å². The Hall–Kier alpha value is -3.97. The molecule has 0 bridgehead atoms. The van der Waals surface area contributed by atoms with Gasteiger partial charge in [0.1, 0.15) is 22.7 Å². The Labute approximate surface area is 199 Å². The van der Waals surface area contributed by atoms with Crippen LogP contribution in [0.1, 0.15) is 12.8 Å². The van der Waals surface area contributed by atoms with Gasteiger partial charge >= 0.3 is 0 Å². The van der Waals surface area contributed by atoms with Crippen LogP contribution in [0.25, 0.3) is 10.9 Å². The highest BCUT2D eigenvalue weighted by molar-refractivity contribution is 6.31. The summed E-state index contributed by atoms with van der Waals surface area (Å²) >= 11 is 6.06. The zero-order valence-electron chi connectivity index (χ0n) is 17.9. The lowest BCUT2D eigenvalue weighted by Gasteiger charge is -2.26. The summed E-state index contributed by atoms with van der Waals surface area (Å²) in [6, 6.07) is 19.4. The third-order valence-electron chi connectivity index (χ3n) is 5.91. The van der Waals surface area contributed by atoms with E-state index < -0.39 is 23.0 Å². The zero-order valence-corrected chi connectivity index (χ0v) is 18.6. The molecule has 0 atom stereocenters. The summed E-state index contributed by atoms with van der Waals surface area (Å²) in [4.78, 5) is 31.1. The van der Waals surface area contributed by atoms with Crippen molar-refractivity contribution in [2.24, 2.45) is 11.1 Å². The number of primary amides is 1. The standard InChI is InChI=1S/C26H19ClFN3O3/c27-16-1-10-21-22(15-16)30-14-11-23(21)34-20-8-6-19(7-9-20)31(18-4-2-17(28)3-5-18)25(33)26(12-13-26)24(29)32/h1-11,14-15H,12-13H2,(H2,29,32). The molecule has 0 radical (unpaired) electrons. The number of carbonyl (C=O) groups is 2. The maximum Gasteiger partial charge on any atom is 0.247 e. The van der Waals surface area contributed by atoms with Gasteiger partial charge in [0.2, 0.25) is 11.8 Å². The fourth-order valence-electron chi connectivity index (χ4n) is 3.85. The van der Waals surface area contributed by atoms with Crippen LogP contribution in [0.15, 0.2) is 79.0 Å². The molecule has 1 saturated carbocycles. The van der Waals surface area contributed by atoms with Gasteiger partial charge in [-0.05, 0) is 85.6 Å². The first-order chi connectivity index (χ1) is 16.4. The number of nitrogens with zero attached hydrogens (tertiary/aromatic N) is 2. The van der Waals surface area contributed by atoms with E-state index in [1.807, 2.05) is 6.07 Å². The number of rotatable bonds is 6. The summed E-state index contributed by atoms with van der Waals surface area (Å²) < 4.78 is 19.6. The molecule has 1 aromatic heterocycles. The van der Waals surface area contributed by atoms with Crippen LogP contribution in [0.5, 0.6) is 11.5 Å². The Bertz CT molecular complexity index is 1400. The Morgan fingerprint density at radius 2 is 1.62 bits per heavy atom. The number of amides is 2. The number of ether oxygens (including phenoxy) is 1. The second-order valence-electron chi connectivity index (χ2n) is 8.13. The molecule has 3 aromatic carbocycles.